The van der Waals surface area contributed by atoms with Crippen LogP contribution < -0.4 is 10.6 Å². The number of aryl methyl sites for hydroxylation is 1. The van der Waals surface area contributed by atoms with Crippen LogP contribution in [-0.2, 0) is 4.79 Å². The van der Waals surface area contributed by atoms with Crippen molar-refractivity contribution in [2.24, 2.45) is 0 Å². The maximum atomic E-state index is 12.8. The maximum Gasteiger partial charge on any atom is 0.269 e. The summed E-state index contributed by atoms with van der Waals surface area (Å²) in [6.07, 6.45) is 0. The first kappa shape index (κ1) is 19.9. The van der Waals surface area contributed by atoms with Crippen molar-refractivity contribution in [3.05, 3.63) is 70.5 Å². The van der Waals surface area contributed by atoms with Gasteiger partial charge in [0.05, 0.1) is 11.4 Å². The highest BCUT2D eigenvalue weighted by Gasteiger charge is 2.17. The van der Waals surface area contributed by atoms with E-state index < -0.39 is 0 Å². The first-order valence-corrected chi connectivity index (χ1v) is 10.9. The number of hydrogen-bond donors (Lipinski definition) is 2. The van der Waals surface area contributed by atoms with Crippen molar-refractivity contribution in [1.82, 2.24) is 9.97 Å². The van der Waals surface area contributed by atoms with Gasteiger partial charge >= 0.3 is 0 Å². The van der Waals surface area contributed by atoms with Crippen LogP contribution in [0.4, 0.5) is 10.8 Å². The van der Waals surface area contributed by atoms with Crippen molar-refractivity contribution in [3.63, 3.8) is 0 Å². The van der Waals surface area contributed by atoms with Crippen LogP contribution in [0.2, 0.25) is 0 Å². The molecule has 0 spiro atoms. The zero-order chi connectivity index (χ0) is 21.1. The van der Waals surface area contributed by atoms with Gasteiger partial charge < -0.3 is 5.32 Å². The molecule has 0 atom stereocenters. The van der Waals surface area contributed by atoms with Crippen molar-refractivity contribution in [2.75, 3.05) is 10.6 Å². The van der Waals surface area contributed by atoms with Gasteiger partial charge in [-0.2, -0.15) is 0 Å². The molecule has 0 saturated heterocycles. The molecule has 2 aromatic carbocycles. The molecule has 0 aliphatic carbocycles. The molecule has 4 aromatic rings. The average Bonchev–Trinajstić information content (AvgIpc) is 3.35. The summed E-state index contributed by atoms with van der Waals surface area (Å²) >= 11 is 2.73. The van der Waals surface area contributed by atoms with E-state index in [1.54, 1.807) is 0 Å². The highest BCUT2D eigenvalue weighted by molar-refractivity contribution is 7.17. The zero-order valence-electron chi connectivity index (χ0n) is 16.3. The number of amides is 2. The Labute approximate surface area is 181 Å². The first-order valence-electron chi connectivity index (χ1n) is 9.17. The van der Waals surface area contributed by atoms with Gasteiger partial charge in [0.1, 0.15) is 9.88 Å². The van der Waals surface area contributed by atoms with Crippen LogP contribution in [0.1, 0.15) is 22.3 Å². The molecule has 2 amide bonds. The van der Waals surface area contributed by atoms with E-state index >= 15 is 0 Å². The summed E-state index contributed by atoms with van der Waals surface area (Å²) in [7, 11) is 0. The minimum atomic E-state index is -0.214. The fourth-order valence-electron chi connectivity index (χ4n) is 2.86. The second-order valence-corrected chi connectivity index (χ2v) is 8.41. The number of thiazole rings is 2. The lowest BCUT2D eigenvalue weighted by molar-refractivity contribution is -0.114. The predicted octanol–water partition coefficient (Wildman–Crippen LogP) is 5.45. The van der Waals surface area contributed by atoms with Crippen LogP contribution in [-0.4, -0.2) is 21.8 Å². The van der Waals surface area contributed by atoms with Gasteiger partial charge in [-0.3, -0.25) is 14.9 Å². The summed E-state index contributed by atoms with van der Waals surface area (Å²) in [6, 6.07) is 17.2. The van der Waals surface area contributed by atoms with Gasteiger partial charge in [0.25, 0.3) is 5.91 Å². The Hall–Kier alpha value is -3.36. The highest BCUT2D eigenvalue weighted by atomic mass is 32.1. The van der Waals surface area contributed by atoms with Gasteiger partial charge in [-0.1, -0.05) is 42.5 Å². The van der Waals surface area contributed by atoms with Gasteiger partial charge in [-0.25, -0.2) is 9.97 Å². The second-order valence-electron chi connectivity index (χ2n) is 6.55. The van der Waals surface area contributed by atoms with Gasteiger partial charge in [0.15, 0.2) is 5.13 Å². The number of carbonyl (C=O) groups is 2. The Kier molecular flexibility index (Phi) is 5.69. The SMILES string of the molecule is CC(=O)Nc1ccc(-c2csc(NC(=O)c3sc(-c4ccccc4)nc3C)n2)cc1. The van der Waals surface area contributed by atoms with Gasteiger partial charge in [0.2, 0.25) is 5.91 Å². The molecule has 30 heavy (non-hydrogen) atoms. The van der Waals surface area contributed by atoms with Gasteiger partial charge in [-0.05, 0) is 19.1 Å². The quantitative estimate of drug-likeness (QED) is 0.437. The minimum Gasteiger partial charge on any atom is -0.326 e. The molecule has 0 fully saturated rings. The first-order chi connectivity index (χ1) is 14.5. The third kappa shape index (κ3) is 4.45. The predicted molar refractivity (Wildman–Crippen MR) is 122 cm³/mol. The Bertz CT molecular complexity index is 1200. The number of aromatic nitrogens is 2. The van der Waals surface area contributed by atoms with Crippen LogP contribution in [0.3, 0.4) is 0 Å². The van der Waals surface area contributed by atoms with Crippen LogP contribution in [0, 0.1) is 6.92 Å². The largest absolute Gasteiger partial charge is 0.326 e. The minimum absolute atomic E-state index is 0.116. The van der Waals surface area contributed by atoms with Crippen LogP contribution in [0.15, 0.2) is 60.0 Å². The van der Waals surface area contributed by atoms with Crippen molar-refractivity contribution >= 4 is 45.3 Å². The van der Waals surface area contributed by atoms with E-state index in [0.717, 1.165) is 27.5 Å². The summed E-state index contributed by atoms with van der Waals surface area (Å²) in [5, 5.41) is 8.83. The molecule has 150 valence electrons. The second kappa shape index (κ2) is 8.56. The van der Waals surface area contributed by atoms with E-state index in [0.29, 0.717) is 15.7 Å². The van der Waals surface area contributed by atoms with E-state index in [1.807, 2.05) is 66.9 Å². The van der Waals surface area contributed by atoms with Crippen molar-refractivity contribution in [2.45, 2.75) is 13.8 Å². The number of benzene rings is 2. The van der Waals surface area contributed by atoms with Gasteiger partial charge in [-0.15, -0.1) is 22.7 Å². The molecule has 6 nitrogen and oxygen atoms in total. The van der Waals surface area contributed by atoms with Gasteiger partial charge in [0, 0.05) is 29.1 Å². The zero-order valence-corrected chi connectivity index (χ0v) is 17.9. The van der Waals surface area contributed by atoms with Crippen molar-refractivity contribution < 1.29 is 9.59 Å². The van der Waals surface area contributed by atoms with Crippen LogP contribution in [0.5, 0.6) is 0 Å². The summed E-state index contributed by atoms with van der Waals surface area (Å²) in [4.78, 5) is 33.5. The summed E-state index contributed by atoms with van der Waals surface area (Å²) < 4.78 is 0. The van der Waals surface area contributed by atoms with E-state index in [2.05, 4.69) is 20.6 Å². The fraction of sp³-hybridized carbons (Fsp3) is 0.0909. The summed E-state index contributed by atoms with van der Waals surface area (Å²) in [6.45, 7) is 3.30. The topological polar surface area (TPSA) is 84.0 Å². The maximum absolute atomic E-state index is 12.8. The normalized spacial score (nSPS) is 10.6. The standard InChI is InChI=1S/C22H18N4O2S2/c1-13-19(30-21(23-13)16-6-4-3-5-7-16)20(28)26-22-25-18(12-29-22)15-8-10-17(11-9-15)24-14(2)27/h3-12H,1-2H3,(H,24,27)(H,25,26,28). The molecule has 4 rings (SSSR count). The number of nitrogens with zero attached hydrogens (tertiary/aromatic N) is 2. The molecule has 0 bridgehead atoms. The number of anilines is 2. The van der Waals surface area contributed by atoms with E-state index in [-0.39, 0.29) is 11.8 Å². The van der Waals surface area contributed by atoms with E-state index in [4.69, 9.17) is 0 Å². The molecule has 0 radical (unpaired) electrons. The van der Waals surface area contributed by atoms with Crippen molar-refractivity contribution in [1.29, 1.82) is 0 Å². The average molecular weight is 435 g/mol. The smallest absolute Gasteiger partial charge is 0.269 e. The van der Waals surface area contributed by atoms with Crippen molar-refractivity contribution in [3.8, 4) is 21.8 Å². The summed E-state index contributed by atoms with van der Waals surface area (Å²) in [5.41, 5.74) is 4.08. The molecule has 0 aliphatic rings. The molecule has 2 heterocycles. The van der Waals surface area contributed by atoms with E-state index in [9.17, 15) is 9.59 Å². The number of hydrogen-bond acceptors (Lipinski definition) is 6. The number of rotatable bonds is 5. The Morgan fingerprint density at radius 2 is 1.63 bits per heavy atom. The highest BCUT2D eigenvalue weighted by Crippen LogP contribution is 2.30. The van der Waals surface area contributed by atoms with E-state index in [1.165, 1.54) is 29.6 Å². The number of carbonyl (C=O) groups excluding carboxylic acids is 2. The third-order valence-electron chi connectivity index (χ3n) is 4.25. The van der Waals surface area contributed by atoms with Crippen LogP contribution in [0.25, 0.3) is 21.8 Å². The molecular formula is C22H18N4O2S2. The lowest BCUT2D eigenvalue weighted by atomic mass is 10.1. The Balaban J connectivity index is 1.48. The molecule has 2 aromatic heterocycles. The molecule has 0 aliphatic heterocycles. The monoisotopic (exact) mass is 434 g/mol. The lowest BCUT2D eigenvalue weighted by Crippen LogP contribution is -2.11. The molecule has 0 saturated carbocycles. The summed E-state index contributed by atoms with van der Waals surface area (Å²) in [5.74, 6) is -0.329. The Morgan fingerprint density at radius 3 is 2.33 bits per heavy atom. The lowest BCUT2D eigenvalue weighted by Gasteiger charge is -2.03. The Morgan fingerprint density at radius 1 is 0.900 bits per heavy atom. The van der Waals surface area contributed by atoms with Crippen LogP contribution >= 0.6 is 22.7 Å². The molecular weight excluding hydrogens is 416 g/mol. The third-order valence-corrected chi connectivity index (χ3v) is 6.21. The molecule has 0 unspecified atom stereocenters. The molecule has 2 N–H and O–H groups in total. The number of nitrogens with one attached hydrogen (secondary N) is 2. The fourth-order valence-corrected chi connectivity index (χ4v) is 4.54. The molecule has 8 heteroatoms.